The molecule has 0 saturated heterocycles. The molecule has 0 aliphatic heterocycles. The number of anilines is 2. The van der Waals surface area contributed by atoms with Crippen molar-refractivity contribution in [1.29, 1.82) is 0 Å². The molecular formula is C19H19N3O4. The predicted octanol–water partition coefficient (Wildman–Crippen LogP) is 3.14. The van der Waals surface area contributed by atoms with Gasteiger partial charge < -0.3 is 25.6 Å². The van der Waals surface area contributed by atoms with Crippen LogP contribution in [0.25, 0.3) is 10.9 Å². The number of hydrogen-bond donors (Lipinski definition) is 3. The lowest BCUT2D eigenvalue weighted by molar-refractivity contribution is 0.0697. The number of carboxylic acid groups (broad SMARTS) is 1. The summed E-state index contributed by atoms with van der Waals surface area (Å²) < 4.78 is 10.5. The van der Waals surface area contributed by atoms with Gasteiger partial charge in [0.05, 0.1) is 31.1 Å². The fourth-order valence-electron chi connectivity index (χ4n) is 2.76. The smallest absolute Gasteiger partial charge is 0.339 e. The van der Waals surface area contributed by atoms with Gasteiger partial charge in [-0.3, -0.25) is 4.98 Å². The van der Waals surface area contributed by atoms with Crippen LogP contribution >= 0.6 is 0 Å². The molecule has 0 atom stereocenters. The Bertz CT molecular complexity index is 950. The highest BCUT2D eigenvalue weighted by atomic mass is 16.5. The maximum atomic E-state index is 11.6. The summed E-state index contributed by atoms with van der Waals surface area (Å²) in [7, 11) is 3.15. The van der Waals surface area contributed by atoms with Gasteiger partial charge in [0.2, 0.25) is 0 Å². The Labute approximate surface area is 150 Å². The number of benzene rings is 2. The molecular weight excluding hydrogens is 334 g/mol. The molecule has 3 rings (SSSR count). The summed E-state index contributed by atoms with van der Waals surface area (Å²) in [6.45, 7) is 0.377. The number of nitrogen functional groups attached to an aromatic ring is 1. The Morgan fingerprint density at radius 2 is 1.88 bits per heavy atom. The molecule has 2 aromatic carbocycles. The highest BCUT2D eigenvalue weighted by Crippen LogP contribution is 2.30. The average molecular weight is 353 g/mol. The minimum Gasteiger partial charge on any atom is -0.497 e. The zero-order chi connectivity index (χ0) is 18.7. The molecule has 0 bridgehead atoms. The molecule has 7 heteroatoms. The minimum absolute atomic E-state index is 0.0814. The van der Waals surface area contributed by atoms with Crippen LogP contribution in [0.5, 0.6) is 11.5 Å². The van der Waals surface area contributed by atoms with E-state index in [1.165, 1.54) is 6.20 Å². The maximum Gasteiger partial charge on any atom is 0.339 e. The van der Waals surface area contributed by atoms with Crippen LogP contribution in [-0.2, 0) is 6.54 Å². The molecule has 0 spiro atoms. The Morgan fingerprint density at radius 3 is 2.50 bits per heavy atom. The number of rotatable bonds is 6. The molecule has 4 N–H and O–H groups in total. The number of aromatic nitrogens is 1. The molecule has 1 heterocycles. The Balaban J connectivity index is 2.02. The Morgan fingerprint density at radius 1 is 1.19 bits per heavy atom. The highest BCUT2D eigenvalue weighted by Gasteiger charge is 2.16. The summed E-state index contributed by atoms with van der Waals surface area (Å²) in [5.74, 6) is 0.249. The molecule has 0 radical (unpaired) electrons. The molecule has 0 unspecified atom stereocenters. The summed E-state index contributed by atoms with van der Waals surface area (Å²) in [4.78, 5) is 15.8. The molecule has 1 aromatic heterocycles. The zero-order valence-electron chi connectivity index (χ0n) is 14.4. The van der Waals surface area contributed by atoms with Gasteiger partial charge in [-0.2, -0.15) is 0 Å². The standard InChI is InChI=1S/C19H19N3O4/c1-25-12-6-11(7-13(8-12)26-2)9-21-17-14-4-3-5-16(20)18(14)22-10-15(17)19(23)24/h3-8,10H,9,20H2,1-2H3,(H,21,22)(H,23,24). The van der Waals surface area contributed by atoms with Crippen molar-refractivity contribution in [2.75, 3.05) is 25.3 Å². The first kappa shape index (κ1) is 17.3. The molecule has 3 aromatic rings. The van der Waals surface area contributed by atoms with Crippen LogP contribution in [0.2, 0.25) is 0 Å². The summed E-state index contributed by atoms with van der Waals surface area (Å²) in [6, 6.07) is 10.8. The van der Waals surface area contributed by atoms with Gasteiger partial charge >= 0.3 is 5.97 Å². The second kappa shape index (κ2) is 7.18. The molecule has 26 heavy (non-hydrogen) atoms. The number of nitrogens with one attached hydrogen (secondary N) is 1. The molecule has 134 valence electrons. The third-order valence-electron chi connectivity index (χ3n) is 4.04. The van der Waals surface area contributed by atoms with E-state index in [0.29, 0.717) is 40.3 Å². The zero-order valence-corrected chi connectivity index (χ0v) is 14.4. The van der Waals surface area contributed by atoms with E-state index < -0.39 is 5.97 Å². The normalized spacial score (nSPS) is 10.5. The van der Waals surface area contributed by atoms with Crippen molar-refractivity contribution < 1.29 is 19.4 Å². The van der Waals surface area contributed by atoms with Crippen LogP contribution < -0.4 is 20.5 Å². The fraction of sp³-hybridized carbons (Fsp3) is 0.158. The van der Waals surface area contributed by atoms with Crippen LogP contribution in [-0.4, -0.2) is 30.3 Å². The number of carboxylic acids is 1. The topological polar surface area (TPSA) is 107 Å². The number of hydrogen-bond acceptors (Lipinski definition) is 6. The van der Waals surface area contributed by atoms with Gasteiger partial charge in [-0.25, -0.2) is 4.79 Å². The first-order valence-electron chi connectivity index (χ1n) is 7.89. The second-order valence-electron chi connectivity index (χ2n) is 5.67. The summed E-state index contributed by atoms with van der Waals surface area (Å²) in [6.07, 6.45) is 1.32. The fourth-order valence-corrected chi connectivity index (χ4v) is 2.76. The summed E-state index contributed by atoms with van der Waals surface area (Å²) >= 11 is 0. The van der Waals surface area contributed by atoms with E-state index in [0.717, 1.165) is 5.56 Å². The van der Waals surface area contributed by atoms with Gasteiger partial charge in [0, 0.05) is 24.2 Å². The molecule has 0 aliphatic rings. The number of aromatic carboxylic acids is 1. The third kappa shape index (κ3) is 3.32. The number of para-hydroxylation sites is 1. The third-order valence-corrected chi connectivity index (χ3v) is 4.04. The van der Waals surface area contributed by atoms with Gasteiger partial charge in [-0.05, 0) is 23.8 Å². The van der Waals surface area contributed by atoms with Gasteiger partial charge in [-0.1, -0.05) is 12.1 Å². The maximum absolute atomic E-state index is 11.6. The number of fused-ring (bicyclic) bond motifs is 1. The first-order chi connectivity index (χ1) is 12.5. The second-order valence-corrected chi connectivity index (χ2v) is 5.67. The van der Waals surface area contributed by atoms with Crippen molar-refractivity contribution in [1.82, 2.24) is 4.98 Å². The number of nitrogens with zero attached hydrogens (tertiary/aromatic N) is 1. The molecule has 0 saturated carbocycles. The molecule has 0 fully saturated rings. The summed E-state index contributed by atoms with van der Waals surface area (Å²) in [5, 5.41) is 13.4. The molecule has 0 amide bonds. The largest absolute Gasteiger partial charge is 0.497 e. The van der Waals surface area contributed by atoms with Crippen LogP contribution in [0, 0.1) is 0 Å². The number of nitrogens with two attached hydrogens (primary N) is 1. The van der Waals surface area contributed by atoms with Crippen molar-refractivity contribution >= 4 is 28.2 Å². The molecule has 0 aliphatic carbocycles. The quantitative estimate of drug-likeness (QED) is 0.584. The number of carbonyl (C=O) groups is 1. The lowest BCUT2D eigenvalue weighted by atomic mass is 10.1. The highest BCUT2D eigenvalue weighted by molar-refractivity contribution is 6.06. The van der Waals surface area contributed by atoms with E-state index in [-0.39, 0.29) is 5.56 Å². The van der Waals surface area contributed by atoms with Crippen molar-refractivity contribution in [3.8, 4) is 11.5 Å². The Kier molecular flexibility index (Phi) is 4.79. The van der Waals surface area contributed by atoms with E-state index in [4.69, 9.17) is 15.2 Å². The number of methoxy groups -OCH3 is 2. The van der Waals surface area contributed by atoms with Crippen molar-refractivity contribution in [3.63, 3.8) is 0 Å². The lowest BCUT2D eigenvalue weighted by Crippen LogP contribution is -2.08. The van der Waals surface area contributed by atoms with Gasteiger partial charge in [-0.15, -0.1) is 0 Å². The monoisotopic (exact) mass is 353 g/mol. The van der Waals surface area contributed by atoms with Crippen LogP contribution in [0.3, 0.4) is 0 Å². The van der Waals surface area contributed by atoms with Crippen molar-refractivity contribution in [2.45, 2.75) is 6.54 Å². The van der Waals surface area contributed by atoms with Crippen molar-refractivity contribution in [2.24, 2.45) is 0 Å². The van der Waals surface area contributed by atoms with Crippen LogP contribution in [0.4, 0.5) is 11.4 Å². The Hall–Kier alpha value is -3.48. The summed E-state index contributed by atoms with van der Waals surface area (Å²) in [5.41, 5.74) is 8.44. The van der Waals surface area contributed by atoms with Gasteiger partial charge in [0.15, 0.2) is 0 Å². The lowest BCUT2D eigenvalue weighted by Gasteiger charge is -2.14. The van der Waals surface area contributed by atoms with Crippen molar-refractivity contribution in [3.05, 3.63) is 53.7 Å². The van der Waals surface area contributed by atoms with E-state index in [1.807, 2.05) is 12.1 Å². The number of ether oxygens (including phenoxy) is 2. The van der Waals surface area contributed by atoms with Crippen LogP contribution in [0.1, 0.15) is 15.9 Å². The number of pyridine rings is 1. The van der Waals surface area contributed by atoms with E-state index in [2.05, 4.69) is 10.3 Å². The first-order valence-corrected chi connectivity index (χ1v) is 7.89. The minimum atomic E-state index is -1.06. The van der Waals surface area contributed by atoms with Gasteiger partial charge in [0.25, 0.3) is 0 Å². The van der Waals surface area contributed by atoms with Crippen LogP contribution in [0.15, 0.2) is 42.6 Å². The van der Waals surface area contributed by atoms with E-state index >= 15 is 0 Å². The van der Waals surface area contributed by atoms with E-state index in [1.54, 1.807) is 38.5 Å². The molecule has 7 nitrogen and oxygen atoms in total. The predicted molar refractivity (Wildman–Crippen MR) is 100.0 cm³/mol. The average Bonchev–Trinajstić information content (AvgIpc) is 2.65. The van der Waals surface area contributed by atoms with E-state index in [9.17, 15) is 9.90 Å². The SMILES string of the molecule is COc1cc(CNc2c(C(=O)O)cnc3c(N)cccc23)cc(OC)c1. The van der Waals surface area contributed by atoms with Gasteiger partial charge in [0.1, 0.15) is 17.1 Å².